The lowest BCUT2D eigenvalue weighted by Crippen LogP contribution is -2.57. The maximum atomic E-state index is 14.9. The Balaban J connectivity index is 1.16. The number of hydrogen-bond acceptors (Lipinski definition) is 11. The van der Waals surface area contributed by atoms with Crippen LogP contribution in [-0.2, 0) is 24.4 Å². The van der Waals surface area contributed by atoms with Crippen molar-refractivity contribution in [3.63, 3.8) is 0 Å². The summed E-state index contributed by atoms with van der Waals surface area (Å²) in [5.41, 5.74) is 1.07. The number of thiazole rings is 1. The first-order chi connectivity index (χ1) is 29.6. The minimum Gasteiger partial charge on any atom is -0.496 e. The first-order valence-corrected chi connectivity index (χ1v) is 24.1. The quantitative estimate of drug-likeness (QED) is 0.105. The summed E-state index contributed by atoms with van der Waals surface area (Å²) in [6.07, 6.45) is 7.35. The van der Waals surface area contributed by atoms with Crippen molar-refractivity contribution in [2.45, 2.75) is 113 Å². The summed E-state index contributed by atoms with van der Waals surface area (Å²) in [7, 11) is -2.33. The van der Waals surface area contributed by atoms with Crippen LogP contribution in [0, 0.1) is 18.7 Å². The molecule has 2 aromatic carbocycles. The summed E-state index contributed by atoms with van der Waals surface area (Å²) < 4.78 is 55.4. The van der Waals surface area contributed by atoms with Gasteiger partial charge in [0.1, 0.15) is 46.0 Å². The predicted octanol–water partition coefficient (Wildman–Crippen LogP) is 8.08. The number of halogens is 3. The zero-order chi connectivity index (χ0) is 44.1. The fourth-order valence-corrected chi connectivity index (χ4v) is 11.0. The first kappa shape index (κ1) is 44.1. The van der Waals surface area contributed by atoms with Crippen molar-refractivity contribution in [3.8, 4) is 22.3 Å². The number of aromatic nitrogens is 2. The van der Waals surface area contributed by atoms with E-state index in [1.807, 2.05) is 42.7 Å². The number of methoxy groups -OCH3 is 1. The van der Waals surface area contributed by atoms with E-state index < -0.39 is 68.5 Å². The number of sulfonamides is 1. The number of rotatable bonds is 10. The van der Waals surface area contributed by atoms with Crippen molar-refractivity contribution < 1.29 is 36.7 Å². The summed E-state index contributed by atoms with van der Waals surface area (Å²) >= 11 is 13.7. The molecule has 8 rings (SSSR count). The number of carbonyl (C=O) groups is 3. The highest BCUT2D eigenvalue weighted by atomic mass is 35.5. The maximum absolute atomic E-state index is 14.9. The monoisotopic (exact) mass is 926 g/mol. The van der Waals surface area contributed by atoms with Gasteiger partial charge in [0.15, 0.2) is 0 Å². The Morgan fingerprint density at radius 3 is 2.58 bits per heavy atom. The van der Waals surface area contributed by atoms with E-state index in [2.05, 4.69) is 29.2 Å². The molecule has 2 saturated carbocycles. The van der Waals surface area contributed by atoms with E-state index in [1.165, 1.54) is 28.4 Å². The molecule has 4 aromatic rings. The van der Waals surface area contributed by atoms with Crippen LogP contribution in [0.1, 0.15) is 88.8 Å². The molecule has 0 unspecified atom stereocenters. The molecule has 18 heteroatoms. The molecule has 3 amide bonds. The number of nitrogens with zero attached hydrogens (tertiary/aromatic N) is 3. The topological polar surface area (TPSA) is 169 Å². The number of amides is 3. The fraction of sp³-hybridized carbons (Fsp3) is 0.477. The van der Waals surface area contributed by atoms with Crippen LogP contribution < -0.4 is 24.8 Å². The number of hydrogen-bond donors (Lipinski definition) is 3. The van der Waals surface area contributed by atoms with E-state index in [-0.39, 0.29) is 46.9 Å². The summed E-state index contributed by atoms with van der Waals surface area (Å²) in [5.74, 6) is -1.95. The van der Waals surface area contributed by atoms with Crippen LogP contribution in [0.2, 0.25) is 10.0 Å². The largest absolute Gasteiger partial charge is 0.496 e. The van der Waals surface area contributed by atoms with Crippen LogP contribution in [0.25, 0.3) is 21.5 Å². The average Bonchev–Trinajstić information content (AvgIpc) is 4.11. The number of carbonyl (C=O) groups excluding carboxylic acids is 3. The third-order valence-corrected chi connectivity index (χ3v) is 15.7. The molecule has 62 heavy (non-hydrogen) atoms. The van der Waals surface area contributed by atoms with Crippen molar-refractivity contribution in [1.29, 1.82) is 0 Å². The van der Waals surface area contributed by atoms with Crippen LogP contribution in [0.3, 0.4) is 0 Å². The Bertz CT molecular complexity index is 2550. The van der Waals surface area contributed by atoms with Crippen LogP contribution in [0.4, 0.5) is 10.1 Å². The Labute approximate surface area is 374 Å². The molecule has 0 bridgehead atoms. The number of ether oxygens (including phenoxy) is 2. The number of benzene rings is 2. The SMILES string of the molecule is COc1ccc2c(O[C@@H]3C[C@H]4C(=O)N[C@]5(C(=O)NS(=O)(=O)C6CC6)C[C@H]5C=CCCCCC[C@H](Nc5cc(F)c(Cl)c(Cl)c5)C(=O)N4C3)nc(-c3nc(C(C)C)cs3)cc2c1C. The molecular formula is C44H49Cl2FN6O7S2. The van der Waals surface area contributed by atoms with Gasteiger partial charge in [-0.2, -0.15) is 0 Å². The molecule has 4 aliphatic rings. The molecule has 0 spiro atoms. The lowest BCUT2D eigenvalue weighted by Gasteiger charge is -2.30. The lowest BCUT2D eigenvalue weighted by molar-refractivity contribution is -0.140. The van der Waals surface area contributed by atoms with Crippen LogP contribution in [-0.4, -0.2) is 83.6 Å². The Kier molecular flexibility index (Phi) is 12.5. The van der Waals surface area contributed by atoms with Gasteiger partial charge in [-0.15, -0.1) is 11.3 Å². The molecule has 3 fully saturated rings. The molecule has 2 aliphatic heterocycles. The van der Waals surface area contributed by atoms with Crippen LogP contribution in [0.15, 0.2) is 47.9 Å². The van der Waals surface area contributed by atoms with Gasteiger partial charge in [-0.3, -0.25) is 19.1 Å². The Morgan fingerprint density at radius 1 is 1.08 bits per heavy atom. The van der Waals surface area contributed by atoms with Gasteiger partial charge >= 0.3 is 0 Å². The van der Waals surface area contributed by atoms with E-state index >= 15 is 0 Å². The smallest absolute Gasteiger partial charge is 0.259 e. The molecule has 2 aromatic heterocycles. The summed E-state index contributed by atoms with van der Waals surface area (Å²) in [6.45, 7) is 6.04. The van der Waals surface area contributed by atoms with Gasteiger partial charge in [0.2, 0.25) is 27.7 Å². The number of allylic oxidation sites excluding steroid dienone is 1. The van der Waals surface area contributed by atoms with Crippen LogP contribution in [0.5, 0.6) is 11.6 Å². The second-order valence-corrected chi connectivity index (χ2v) is 20.6. The van der Waals surface area contributed by atoms with Gasteiger partial charge in [0.05, 0.1) is 34.6 Å². The van der Waals surface area contributed by atoms with Crippen molar-refractivity contribution in [2.75, 3.05) is 19.0 Å². The fourth-order valence-electron chi connectivity index (χ4n) is 8.35. The molecule has 2 aliphatic carbocycles. The van der Waals surface area contributed by atoms with E-state index in [4.69, 9.17) is 42.6 Å². The zero-order valence-electron chi connectivity index (χ0n) is 34.8. The van der Waals surface area contributed by atoms with Gasteiger partial charge in [0, 0.05) is 28.8 Å². The second-order valence-electron chi connectivity index (χ2n) is 17.0. The number of pyridine rings is 1. The number of aryl methyl sites for hydroxylation is 1. The molecule has 5 atom stereocenters. The number of anilines is 1. The first-order valence-electron chi connectivity index (χ1n) is 21.0. The second kappa shape index (κ2) is 17.6. The van der Waals surface area contributed by atoms with Gasteiger partial charge in [-0.25, -0.2) is 22.8 Å². The normalized spacial score (nSPS) is 24.5. The third-order valence-electron chi connectivity index (χ3n) is 12.2. The average molecular weight is 928 g/mol. The molecule has 13 nitrogen and oxygen atoms in total. The zero-order valence-corrected chi connectivity index (χ0v) is 37.9. The van der Waals surface area contributed by atoms with E-state index in [0.717, 1.165) is 29.5 Å². The Morgan fingerprint density at radius 2 is 1.87 bits per heavy atom. The summed E-state index contributed by atoms with van der Waals surface area (Å²) in [6, 6.07) is 6.18. The van der Waals surface area contributed by atoms with Gasteiger partial charge in [-0.1, -0.05) is 62.0 Å². The predicted molar refractivity (Wildman–Crippen MR) is 238 cm³/mol. The number of nitrogens with one attached hydrogen (secondary N) is 3. The highest BCUT2D eigenvalue weighted by Crippen LogP contribution is 2.46. The minimum absolute atomic E-state index is 0.0154. The van der Waals surface area contributed by atoms with E-state index in [9.17, 15) is 27.2 Å². The molecule has 330 valence electrons. The van der Waals surface area contributed by atoms with E-state index in [0.29, 0.717) is 53.9 Å². The maximum Gasteiger partial charge on any atom is 0.259 e. The molecule has 3 N–H and O–H groups in total. The Hall–Kier alpha value is -4.51. The van der Waals surface area contributed by atoms with Crippen molar-refractivity contribution in [3.05, 3.63) is 75.0 Å². The van der Waals surface area contributed by atoms with Crippen molar-refractivity contribution >= 4 is 78.7 Å². The highest BCUT2D eigenvalue weighted by molar-refractivity contribution is 7.91. The van der Waals surface area contributed by atoms with Gasteiger partial charge in [-0.05, 0) is 92.6 Å². The highest BCUT2D eigenvalue weighted by Gasteiger charge is 2.62. The van der Waals surface area contributed by atoms with E-state index in [1.54, 1.807) is 7.11 Å². The number of fused-ring (bicyclic) bond motifs is 3. The lowest BCUT2D eigenvalue weighted by atomic mass is 10.0. The van der Waals surface area contributed by atoms with Gasteiger partial charge < -0.3 is 25.0 Å². The molecule has 0 radical (unpaired) electrons. The summed E-state index contributed by atoms with van der Waals surface area (Å²) in [5, 5.41) is 9.37. The molecular weight excluding hydrogens is 879 g/mol. The van der Waals surface area contributed by atoms with Crippen molar-refractivity contribution in [1.82, 2.24) is 24.9 Å². The van der Waals surface area contributed by atoms with Crippen molar-refractivity contribution in [2.24, 2.45) is 5.92 Å². The summed E-state index contributed by atoms with van der Waals surface area (Å²) in [4.78, 5) is 54.8. The molecule has 1 saturated heterocycles. The molecule has 4 heterocycles. The third kappa shape index (κ3) is 8.97. The standard InChI is InChI=1S/C44H49Cl2FN6O7S2/c1-23(2)35-22-61-41(50-35)34-19-30-24(3)37(59-4)15-14-29(30)40(49-34)60-27-18-36-39(54)51-44(43(56)52-62(57,58)28-12-13-28)20-25(44)10-8-6-5-7-9-11-33(42(55)53(36)21-27)48-26-16-31(45)38(46)32(47)17-26/h8,10,14-17,19,22-23,25,27-28,33,36,48H,5-7,9,11-13,18,20-21H2,1-4H3,(H,51,54)(H,52,56)/t25-,27-,33+,36+,44-/m1/s1. The van der Waals surface area contributed by atoms with Crippen LogP contribution >= 0.6 is 34.5 Å². The van der Waals surface area contributed by atoms with Gasteiger partial charge in [0.25, 0.3) is 5.91 Å². The minimum atomic E-state index is -3.93.